The third-order valence-electron chi connectivity index (χ3n) is 4.49. The molecule has 110 valence electrons. The van der Waals surface area contributed by atoms with E-state index in [-0.39, 0.29) is 18.1 Å². The van der Waals surface area contributed by atoms with Gasteiger partial charge in [0.1, 0.15) is 6.17 Å². The van der Waals surface area contributed by atoms with E-state index < -0.39 is 0 Å². The highest BCUT2D eigenvalue weighted by molar-refractivity contribution is 7.10. The Kier molecular flexibility index (Phi) is 4.10. The molecule has 2 aliphatic rings. The lowest BCUT2D eigenvalue weighted by molar-refractivity contribution is -0.132. The second kappa shape index (κ2) is 5.84. The SMILES string of the molecule is CCC1NC(c2cccs2)N(C2CCC(OC)C2)C1=O. The number of nitrogens with one attached hydrogen (secondary N) is 1. The van der Waals surface area contributed by atoms with Gasteiger partial charge in [0.25, 0.3) is 0 Å². The Morgan fingerprint density at radius 2 is 2.35 bits per heavy atom. The first kappa shape index (κ1) is 14.0. The van der Waals surface area contributed by atoms with Crippen LogP contribution in [0.25, 0.3) is 0 Å². The van der Waals surface area contributed by atoms with Crippen LogP contribution in [0.5, 0.6) is 0 Å². The molecule has 1 aromatic rings. The molecule has 4 atom stereocenters. The number of carbonyl (C=O) groups excluding carboxylic acids is 1. The molecule has 2 fully saturated rings. The van der Waals surface area contributed by atoms with E-state index in [1.54, 1.807) is 18.4 Å². The summed E-state index contributed by atoms with van der Waals surface area (Å²) >= 11 is 1.72. The molecule has 0 spiro atoms. The van der Waals surface area contributed by atoms with Crippen molar-refractivity contribution in [3.05, 3.63) is 22.4 Å². The zero-order chi connectivity index (χ0) is 14.1. The van der Waals surface area contributed by atoms with Crippen molar-refractivity contribution in [2.45, 2.75) is 57.0 Å². The largest absolute Gasteiger partial charge is 0.381 e. The summed E-state index contributed by atoms with van der Waals surface area (Å²) in [5.41, 5.74) is 0. The molecule has 1 saturated heterocycles. The Hall–Kier alpha value is -0.910. The van der Waals surface area contributed by atoms with Gasteiger partial charge in [-0.3, -0.25) is 10.1 Å². The van der Waals surface area contributed by atoms with Crippen LogP contribution in [0, 0.1) is 0 Å². The van der Waals surface area contributed by atoms with Crippen LogP contribution >= 0.6 is 11.3 Å². The lowest BCUT2D eigenvalue weighted by Gasteiger charge is -2.29. The number of methoxy groups -OCH3 is 1. The molecule has 5 heteroatoms. The fraction of sp³-hybridized carbons (Fsp3) is 0.667. The van der Waals surface area contributed by atoms with E-state index in [2.05, 4.69) is 34.7 Å². The molecule has 1 saturated carbocycles. The van der Waals surface area contributed by atoms with Gasteiger partial charge in [0.05, 0.1) is 12.1 Å². The second-order valence-electron chi connectivity index (χ2n) is 5.62. The summed E-state index contributed by atoms with van der Waals surface area (Å²) in [7, 11) is 1.77. The molecule has 0 radical (unpaired) electrons. The summed E-state index contributed by atoms with van der Waals surface area (Å²) < 4.78 is 5.46. The summed E-state index contributed by atoms with van der Waals surface area (Å²) in [6, 6.07) is 4.44. The van der Waals surface area contributed by atoms with Crippen LogP contribution in [0.4, 0.5) is 0 Å². The fourth-order valence-corrected chi connectivity index (χ4v) is 4.16. The van der Waals surface area contributed by atoms with Crippen LogP contribution in [-0.2, 0) is 9.53 Å². The third-order valence-corrected chi connectivity index (χ3v) is 5.42. The van der Waals surface area contributed by atoms with Crippen LogP contribution in [0.3, 0.4) is 0 Å². The van der Waals surface area contributed by atoms with Crippen LogP contribution in [-0.4, -0.2) is 36.1 Å². The van der Waals surface area contributed by atoms with Gasteiger partial charge in [0.15, 0.2) is 0 Å². The zero-order valence-corrected chi connectivity index (χ0v) is 12.9. The van der Waals surface area contributed by atoms with Crippen LogP contribution < -0.4 is 5.32 Å². The monoisotopic (exact) mass is 294 g/mol. The number of hydrogen-bond donors (Lipinski definition) is 1. The maximum absolute atomic E-state index is 12.7. The molecule has 0 aromatic carbocycles. The minimum Gasteiger partial charge on any atom is -0.381 e. The first-order chi connectivity index (χ1) is 9.74. The van der Waals surface area contributed by atoms with Crippen molar-refractivity contribution in [1.82, 2.24) is 10.2 Å². The van der Waals surface area contributed by atoms with Crippen molar-refractivity contribution in [1.29, 1.82) is 0 Å². The van der Waals surface area contributed by atoms with Crippen LogP contribution in [0.15, 0.2) is 17.5 Å². The molecular formula is C15H22N2O2S. The zero-order valence-electron chi connectivity index (χ0n) is 12.0. The first-order valence-electron chi connectivity index (χ1n) is 7.39. The summed E-state index contributed by atoms with van der Waals surface area (Å²) in [5, 5.41) is 5.57. The molecule has 2 heterocycles. The normalized spacial score (nSPS) is 34.1. The lowest BCUT2D eigenvalue weighted by atomic mass is 10.1. The average molecular weight is 294 g/mol. The Labute approximate surface area is 124 Å². The van der Waals surface area contributed by atoms with Gasteiger partial charge in [-0.2, -0.15) is 0 Å². The number of rotatable bonds is 4. The highest BCUT2D eigenvalue weighted by Crippen LogP contribution is 2.36. The molecule has 3 rings (SSSR count). The second-order valence-corrected chi connectivity index (χ2v) is 6.59. The van der Waals surface area contributed by atoms with Crippen molar-refractivity contribution in [2.75, 3.05) is 7.11 Å². The maximum atomic E-state index is 12.7. The number of nitrogens with zero attached hydrogens (tertiary/aromatic N) is 1. The van der Waals surface area contributed by atoms with Crippen LogP contribution in [0.2, 0.25) is 0 Å². The summed E-state index contributed by atoms with van der Waals surface area (Å²) in [6.07, 6.45) is 4.26. The van der Waals surface area contributed by atoms with Gasteiger partial charge in [0, 0.05) is 18.0 Å². The van der Waals surface area contributed by atoms with Gasteiger partial charge in [0.2, 0.25) is 5.91 Å². The van der Waals surface area contributed by atoms with Gasteiger partial charge < -0.3 is 9.64 Å². The fourth-order valence-electron chi connectivity index (χ4n) is 3.38. The topological polar surface area (TPSA) is 41.6 Å². The minimum atomic E-state index is -0.0382. The van der Waals surface area contributed by atoms with E-state index in [4.69, 9.17) is 4.74 Å². The van der Waals surface area contributed by atoms with Crippen molar-refractivity contribution >= 4 is 17.2 Å². The van der Waals surface area contributed by atoms with Gasteiger partial charge in [-0.05, 0) is 37.1 Å². The van der Waals surface area contributed by atoms with E-state index in [0.29, 0.717) is 12.1 Å². The standard InChI is InChI=1S/C15H22N2O2S/c1-3-12-15(18)17(10-6-7-11(9-10)19-2)14(16-12)13-5-4-8-20-13/h4-5,8,10-12,14,16H,3,6-7,9H2,1-2H3. The van der Waals surface area contributed by atoms with Crippen molar-refractivity contribution in [3.8, 4) is 0 Å². The molecule has 4 nitrogen and oxygen atoms in total. The molecular weight excluding hydrogens is 272 g/mol. The number of thiophene rings is 1. The van der Waals surface area contributed by atoms with Crippen molar-refractivity contribution < 1.29 is 9.53 Å². The van der Waals surface area contributed by atoms with Gasteiger partial charge in [-0.25, -0.2) is 0 Å². The molecule has 1 amide bonds. The molecule has 1 aromatic heterocycles. The van der Waals surface area contributed by atoms with Gasteiger partial charge >= 0.3 is 0 Å². The van der Waals surface area contributed by atoms with E-state index in [1.165, 1.54) is 4.88 Å². The first-order valence-corrected chi connectivity index (χ1v) is 8.27. The Morgan fingerprint density at radius 3 is 2.95 bits per heavy atom. The van der Waals surface area contributed by atoms with Gasteiger partial charge in [-0.1, -0.05) is 13.0 Å². The number of ether oxygens (including phenoxy) is 1. The molecule has 1 N–H and O–H groups in total. The molecule has 20 heavy (non-hydrogen) atoms. The third kappa shape index (κ3) is 2.38. The molecule has 1 aliphatic heterocycles. The average Bonchev–Trinajstić information content (AvgIpc) is 3.17. The van der Waals surface area contributed by atoms with E-state index in [1.807, 2.05) is 0 Å². The van der Waals surface area contributed by atoms with E-state index in [9.17, 15) is 4.79 Å². The summed E-state index contributed by atoms with van der Waals surface area (Å²) in [6.45, 7) is 2.07. The number of hydrogen-bond acceptors (Lipinski definition) is 4. The van der Waals surface area contributed by atoms with Gasteiger partial charge in [-0.15, -0.1) is 11.3 Å². The Balaban J connectivity index is 1.83. The number of amides is 1. The van der Waals surface area contributed by atoms with E-state index in [0.717, 1.165) is 25.7 Å². The molecule has 0 bridgehead atoms. The molecule has 4 unspecified atom stereocenters. The lowest BCUT2D eigenvalue weighted by Crippen LogP contribution is -2.39. The highest BCUT2D eigenvalue weighted by Gasteiger charge is 2.44. The van der Waals surface area contributed by atoms with Crippen LogP contribution in [0.1, 0.15) is 43.6 Å². The van der Waals surface area contributed by atoms with Crippen molar-refractivity contribution in [3.63, 3.8) is 0 Å². The van der Waals surface area contributed by atoms with E-state index >= 15 is 0 Å². The van der Waals surface area contributed by atoms with Crippen molar-refractivity contribution in [2.24, 2.45) is 0 Å². The quantitative estimate of drug-likeness (QED) is 0.928. The summed E-state index contributed by atoms with van der Waals surface area (Å²) in [4.78, 5) is 16.0. The minimum absolute atomic E-state index is 0.0382. The summed E-state index contributed by atoms with van der Waals surface area (Å²) in [5.74, 6) is 0.257. The predicted octanol–water partition coefficient (Wildman–Crippen LogP) is 2.52. The smallest absolute Gasteiger partial charge is 0.241 e. The number of carbonyl (C=O) groups is 1. The Morgan fingerprint density at radius 1 is 1.50 bits per heavy atom. The maximum Gasteiger partial charge on any atom is 0.241 e. The highest BCUT2D eigenvalue weighted by atomic mass is 32.1. The molecule has 1 aliphatic carbocycles. The predicted molar refractivity (Wildman–Crippen MR) is 79.6 cm³/mol. The Bertz CT molecular complexity index is 462.